The summed E-state index contributed by atoms with van der Waals surface area (Å²) in [5.74, 6) is -2.04. The van der Waals surface area contributed by atoms with Gasteiger partial charge in [0.05, 0.1) is 60.5 Å². The van der Waals surface area contributed by atoms with E-state index in [1.165, 1.54) is 12.5 Å². The molecule has 6 aliphatic heterocycles. The molecule has 6 heterocycles. The van der Waals surface area contributed by atoms with E-state index >= 15 is 4.39 Å². The van der Waals surface area contributed by atoms with E-state index in [0.717, 1.165) is 43.7 Å². The second-order valence-electron chi connectivity index (χ2n) is 25.3. The lowest BCUT2D eigenvalue weighted by Gasteiger charge is -2.51. The SMILES string of the molecule is CC[C@H]1OC(=O)[C@H](C)[C@H]2O[C@H]3C[C@@](C)(C(C)C)[C@@H](OC)[C@H](CC[C@@H]4C[C@H](N(C)CCC5=CC([C@H](CF)[C@H](C)c6ccc(CC7CCOCC7)cc6)N=N5)[C@@H](O)[C@@H](O4)O[C@H]([C@H]2C)[C@](C)(O)CCCN(C)[C@H](C)[C@@H](O)[C@]1(C)O)O3. The van der Waals surface area contributed by atoms with Crippen LogP contribution in [0.3, 0.4) is 0 Å². The number of nitrogens with zero attached hydrogens (tertiary/aromatic N) is 4. The molecular weight excluding hydrogens is 988 g/mol. The Hall–Kier alpha value is -2.52. The fourth-order valence-electron chi connectivity index (χ4n) is 13.7. The summed E-state index contributed by atoms with van der Waals surface area (Å²) in [4.78, 5) is 18.7. The number of fused-ring (bicyclic) bond motifs is 6. The number of carbonyl (C=O) groups is 1. The average molecular weight is 1090 g/mol. The van der Waals surface area contributed by atoms with Crippen LogP contribution >= 0.6 is 0 Å². The molecule has 16 nitrogen and oxygen atoms in total. The molecule has 5 saturated heterocycles. The molecule has 1 aromatic rings. The standard InChI is InChI=1S/C60H99FN4O12/c1-14-49-60(10,70)53(67)39(7)64(11)26-15-25-59(9,69)54-37(5)52(38(6)56(68)75-49)76-50-33-58(8,35(2)3)55(71-13)48(74-50)21-20-44-32-47(51(66)57(73-44)77-54)65(12)27-22-43-31-46(63-62-43)45(34-61)36(4)42-18-16-40(17-19-42)30-41-23-28-72-29-24-41/h16-19,31,35-39,41,44-55,57,66-67,69-70H,14-15,20-30,32-34H2,1-13H3/t36-,37+,38-,39-,44-,45-,46?,47+,48+,49-,50+,51-,52+,53-,54-,55+,57+,58+,59-,60-/m1/s1. The van der Waals surface area contributed by atoms with E-state index in [4.69, 9.17) is 33.2 Å². The average Bonchev–Trinajstić information content (AvgIpc) is 3.89. The maximum absolute atomic E-state index is 15.0. The van der Waals surface area contributed by atoms with Crippen molar-refractivity contribution >= 4 is 5.97 Å². The molecule has 438 valence electrons. The van der Waals surface area contributed by atoms with E-state index in [2.05, 4.69) is 67.1 Å². The van der Waals surface area contributed by atoms with Crippen LogP contribution in [0.15, 0.2) is 46.3 Å². The Morgan fingerprint density at radius 1 is 0.974 bits per heavy atom. The molecule has 77 heavy (non-hydrogen) atoms. The molecule has 0 aromatic heterocycles. The maximum atomic E-state index is 15.0. The number of carbonyl (C=O) groups excluding carboxylic acids is 1. The summed E-state index contributed by atoms with van der Waals surface area (Å²) >= 11 is 0. The first-order valence-corrected chi connectivity index (χ1v) is 29.3. The van der Waals surface area contributed by atoms with Gasteiger partial charge in [-0.05, 0) is 141 Å². The summed E-state index contributed by atoms with van der Waals surface area (Å²) in [5, 5.41) is 58.2. The molecule has 0 radical (unpaired) electrons. The third-order valence-corrected chi connectivity index (χ3v) is 19.7. The third kappa shape index (κ3) is 14.2. The van der Waals surface area contributed by atoms with E-state index < -0.39 is 115 Å². The fraction of sp³-hybridized carbons (Fsp3) is 0.850. The van der Waals surface area contributed by atoms with Gasteiger partial charge in [0.15, 0.2) is 12.6 Å². The Balaban J connectivity index is 1.16. The van der Waals surface area contributed by atoms with Crippen LogP contribution in [0.25, 0.3) is 0 Å². The lowest BCUT2D eigenvalue weighted by Crippen LogP contribution is -2.60. The van der Waals surface area contributed by atoms with E-state index in [1.807, 2.05) is 38.9 Å². The highest BCUT2D eigenvalue weighted by atomic mass is 19.1. The normalized spacial score (nSPS) is 41.3. The molecule has 7 rings (SSSR count). The summed E-state index contributed by atoms with van der Waals surface area (Å²) in [6.07, 6.45) is 0.0304. The molecule has 4 N–H and O–H groups in total. The Kier molecular flexibility index (Phi) is 21.4. The van der Waals surface area contributed by atoms with Crippen LogP contribution in [0.4, 0.5) is 4.39 Å². The van der Waals surface area contributed by atoms with Crippen LogP contribution in [0, 0.1) is 35.0 Å². The van der Waals surface area contributed by atoms with E-state index in [1.54, 1.807) is 27.9 Å². The fourth-order valence-corrected chi connectivity index (χ4v) is 13.7. The van der Waals surface area contributed by atoms with Gasteiger partial charge in [0.2, 0.25) is 0 Å². The van der Waals surface area contributed by atoms with Crippen molar-refractivity contribution in [1.82, 2.24) is 9.80 Å². The predicted molar refractivity (Wildman–Crippen MR) is 292 cm³/mol. The van der Waals surface area contributed by atoms with Crippen molar-refractivity contribution in [3.63, 3.8) is 0 Å². The minimum Gasteiger partial charge on any atom is -0.459 e. The van der Waals surface area contributed by atoms with Crippen molar-refractivity contribution in [3.8, 4) is 0 Å². The Morgan fingerprint density at radius 3 is 2.32 bits per heavy atom. The number of methoxy groups -OCH3 is 1. The Labute approximate surface area is 460 Å². The van der Waals surface area contributed by atoms with Crippen molar-refractivity contribution in [2.45, 2.75) is 237 Å². The molecule has 0 saturated carbocycles. The highest BCUT2D eigenvalue weighted by Gasteiger charge is 2.54. The van der Waals surface area contributed by atoms with Crippen molar-refractivity contribution < 1.29 is 62.8 Å². The summed E-state index contributed by atoms with van der Waals surface area (Å²) in [6.45, 7) is 21.2. The van der Waals surface area contributed by atoms with Gasteiger partial charge < -0.3 is 63.4 Å². The van der Waals surface area contributed by atoms with Crippen molar-refractivity contribution in [1.29, 1.82) is 0 Å². The first-order valence-electron chi connectivity index (χ1n) is 29.3. The smallest absolute Gasteiger partial charge is 0.311 e. The number of hydrogen-bond donors (Lipinski definition) is 4. The number of esters is 1. The molecule has 6 bridgehead atoms. The Morgan fingerprint density at radius 2 is 1.68 bits per heavy atom. The number of rotatable bonds is 13. The zero-order valence-electron chi connectivity index (χ0n) is 48.9. The monoisotopic (exact) mass is 1090 g/mol. The lowest BCUT2D eigenvalue weighted by molar-refractivity contribution is -0.311. The van der Waals surface area contributed by atoms with Gasteiger partial charge in [0.25, 0.3) is 0 Å². The second kappa shape index (κ2) is 26.6. The molecule has 1 unspecified atom stereocenters. The predicted octanol–water partition coefficient (Wildman–Crippen LogP) is 8.16. The van der Waals surface area contributed by atoms with Crippen LogP contribution in [0.1, 0.15) is 150 Å². The quantitative estimate of drug-likeness (QED) is 0.138. The molecule has 0 aliphatic carbocycles. The zero-order chi connectivity index (χ0) is 56.1. The molecule has 20 atom stereocenters. The number of aliphatic hydroxyl groups excluding tert-OH is 2. The van der Waals surface area contributed by atoms with Gasteiger partial charge in [-0.2, -0.15) is 10.2 Å². The van der Waals surface area contributed by atoms with Crippen molar-refractivity contribution in [3.05, 3.63) is 47.2 Å². The van der Waals surface area contributed by atoms with Gasteiger partial charge >= 0.3 is 5.97 Å². The first-order chi connectivity index (χ1) is 36.4. The van der Waals surface area contributed by atoms with Crippen molar-refractivity contribution in [2.75, 3.05) is 54.2 Å². The van der Waals surface area contributed by atoms with Gasteiger partial charge in [-0.25, -0.2) is 0 Å². The number of alkyl halides is 1. The molecule has 5 fully saturated rings. The van der Waals surface area contributed by atoms with E-state index in [-0.39, 0.29) is 36.7 Å². The molecule has 6 aliphatic rings. The number of cyclic esters (lactones) is 1. The van der Waals surface area contributed by atoms with Gasteiger partial charge in [-0.1, -0.05) is 65.8 Å². The molecule has 17 heteroatoms. The summed E-state index contributed by atoms with van der Waals surface area (Å²) in [7, 11) is 5.55. The Bertz CT molecular complexity index is 2090. The molecule has 1 aromatic carbocycles. The van der Waals surface area contributed by atoms with Gasteiger partial charge in [0, 0.05) is 69.0 Å². The van der Waals surface area contributed by atoms with Crippen LogP contribution in [-0.2, 0) is 44.4 Å². The number of halogens is 1. The van der Waals surface area contributed by atoms with Gasteiger partial charge in [0.1, 0.15) is 23.9 Å². The number of aliphatic hydroxyl groups is 4. The van der Waals surface area contributed by atoms with E-state index in [9.17, 15) is 25.2 Å². The minimum absolute atomic E-state index is 0.0786. The number of hydrogen-bond acceptors (Lipinski definition) is 16. The second-order valence-corrected chi connectivity index (χ2v) is 25.3. The van der Waals surface area contributed by atoms with Crippen LogP contribution in [0.2, 0.25) is 0 Å². The van der Waals surface area contributed by atoms with Crippen LogP contribution in [0.5, 0.6) is 0 Å². The molecule has 0 spiro atoms. The zero-order valence-corrected chi connectivity index (χ0v) is 48.9. The topological polar surface area (TPSA) is 194 Å². The number of azo groups is 1. The first kappa shape index (κ1) is 62.1. The van der Waals surface area contributed by atoms with Gasteiger partial charge in [-0.15, -0.1) is 0 Å². The van der Waals surface area contributed by atoms with Crippen molar-refractivity contribution in [2.24, 2.45) is 45.2 Å². The highest BCUT2D eigenvalue weighted by molar-refractivity contribution is 5.73. The largest absolute Gasteiger partial charge is 0.459 e. The number of ether oxygens (including phenoxy) is 7. The minimum atomic E-state index is -1.80. The maximum Gasteiger partial charge on any atom is 0.311 e. The number of likely N-dealkylation sites (N-methyl/N-ethyl adjacent to an activating group) is 2. The van der Waals surface area contributed by atoms with Crippen LogP contribution in [-0.4, -0.2) is 181 Å². The van der Waals surface area contributed by atoms with E-state index in [0.29, 0.717) is 57.5 Å². The summed E-state index contributed by atoms with van der Waals surface area (Å²) in [6, 6.07) is 7.25. The highest BCUT2D eigenvalue weighted by Crippen LogP contribution is 2.48. The summed E-state index contributed by atoms with van der Waals surface area (Å²) in [5.41, 5.74) is -0.630. The van der Waals surface area contributed by atoms with Gasteiger partial charge in [-0.3, -0.25) is 9.18 Å². The summed E-state index contributed by atoms with van der Waals surface area (Å²) < 4.78 is 61.1. The molecule has 0 amide bonds. The lowest BCUT2D eigenvalue weighted by atomic mass is 9.68. The third-order valence-electron chi connectivity index (χ3n) is 19.7. The van der Waals surface area contributed by atoms with Crippen LogP contribution < -0.4 is 0 Å². The molecular formula is C60H99FN4O12. The number of benzene rings is 1.